The number of aryl methyl sites for hydroxylation is 1. The first kappa shape index (κ1) is 14.7. The molecule has 0 aromatic heterocycles. The Hall–Kier alpha value is -1.35. The Labute approximate surface area is 110 Å². The highest BCUT2D eigenvalue weighted by Crippen LogP contribution is 2.09. The molecule has 0 spiro atoms. The lowest BCUT2D eigenvalue weighted by molar-refractivity contribution is -0.141. The van der Waals surface area contributed by atoms with Crippen molar-refractivity contribution in [3.05, 3.63) is 35.4 Å². The van der Waals surface area contributed by atoms with E-state index in [0.29, 0.717) is 12.5 Å². The van der Waals surface area contributed by atoms with Gasteiger partial charge in [0.05, 0.1) is 13.5 Å². The molecule has 0 amide bonds. The Morgan fingerprint density at radius 3 is 2.39 bits per heavy atom. The third-order valence-corrected chi connectivity index (χ3v) is 2.81. The molecule has 0 bridgehead atoms. The van der Waals surface area contributed by atoms with Crippen molar-refractivity contribution in [1.82, 2.24) is 5.32 Å². The first-order valence-electron chi connectivity index (χ1n) is 6.39. The zero-order chi connectivity index (χ0) is 13.5. The summed E-state index contributed by atoms with van der Waals surface area (Å²) >= 11 is 0. The average Bonchev–Trinajstić information content (AvgIpc) is 2.31. The van der Waals surface area contributed by atoms with Crippen LogP contribution in [-0.4, -0.2) is 25.2 Å². The number of rotatable bonds is 6. The summed E-state index contributed by atoms with van der Waals surface area (Å²) in [5.74, 6) is -0.166. The molecular formula is C15H23NO2. The van der Waals surface area contributed by atoms with Gasteiger partial charge in [-0.25, -0.2) is 0 Å². The molecule has 1 aromatic carbocycles. The van der Waals surface area contributed by atoms with Gasteiger partial charge in [0, 0.05) is 12.1 Å². The second kappa shape index (κ2) is 7.17. The number of esters is 1. The second-order valence-corrected chi connectivity index (χ2v) is 4.99. The maximum atomic E-state index is 11.4. The van der Waals surface area contributed by atoms with Crippen molar-refractivity contribution in [2.24, 2.45) is 0 Å². The van der Waals surface area contributed by atoms with Gasteiger partial charge in [0.1, 0.15) is 0 Å². The van der Waals surface area contributed by atoms with Gasteiger partial charge in [0.25, 0.3) is 0 Å². The van der Waals surface area contributed by atoms with E-state index in [-0.39, 0.29) is 12.0 Å². The van der Waals surface area contributed by atoms with E-state index in [1.165, 1.54) is 18.2 Å². The molecule has 1 aromatic rings. The normalized spacial score (nSPS) is 12.5. The van der Waals surface area contributed by atoms with Crippen LogP contribution in [0.3, 0.4) is 0 Å². The quantitative estimate of drug-likeness (QED) is 0.787. The van der Waals surface area contributed by atoms with Crippen molar-refractivity contribution in [3.8, 4) is 0 Å². The van der Waals surface area contributed by atoms with E-state index in [2.05, 4.69) is 50.4 Å². The Kier molecular flexibility index (Phi) is 5.86. The van der Waals surface area contributed by atoms with Gasteiger partial charge in [-0.3, -0.25) is 4.79 Å². The number of nitrogens with one attached hydrogen (secondary N) is 1. The minimum absolute atomic E-state index is 0.125. The summed E-state index contributed by atoms with van der Waals surface area (Å²) in [6.45, 7) is 6.24. The Morgan fingerprint density at radius 1 is 1.28 bits per heavy atom. The lowest BCUT2D eigenvalue weighted by Gasteiger charge is -2.20. The van der Waals surface area contributed by atoms with E-state index in [4.69, 9.17) is 4.74 Å². The van der Waals surface area contributed by atoms with Crippen LogP contribution in [0.2, 0.25) is 0 Å². The fourth-order valence-electron chi connectivity index (χ4n) is 1.95. The largest absolute Gasteiger partial charge is 0.469 e. The van der Waals surface area contributed by atoms with Gasteiger partial charge in [-0.2, -0.15) is 0 Å². The summed E-state index contributed by atoms with van der Waals surface area (Å²) in [7, 11) is 1.43. The molecule has 0 aliphatic rings. The molecule has 1 rings (SSSR count). The van der Waals surface area contributed by atoms with E-state index in [1.54, 1.807) is 0 Å². The van der Waals surface area contributed by atoms with E-state index in [0.717, 1.165) is 6.42 Å². The molecule has 0 fully saturated rings. The van der Waals surface area contributed by atoms with E-state index >= 15 is 0 Å². The minimum Gasteiger partial charge on any atom is -0.469 e. The summed E-state index contributed by atoms with van der Waals surface area (Å²) in [5.41, 5.74) is 2.49. The van der Waals surface area contributed by atoms with Gasteiger partial charge in [-0.15, -0.1) is 0 Å². The van der Waals surface area contributed by atoms with Gasteiger partial charge >= 0.3 is 5.97 Å². The molecule has 0 aliphatic heterocycles. The highest BCUT2D eigenvalue weighted by Gasteiger charge is 2.15. The van der Waals surface area contributed by atoms with Crippen LogP contribution in [-0.2, 0) is 16.0 Å². The third kappa shape index (κ3) is 5.32. The summed E-state index contributed by atoms with van der Waals surface area (Å²) in [6, 6.07) is 8.90. The van der Waals surface area contributed by atoms with Gasteiger partial charge in [-0.1, -0.05) is 43.7 Å². The van der Waals surface area contributed by atoms with Crippen LogP contribution in [0.15, 0.2) is 24.3 Å². The van der Waals surface area contributed by atoms with Crippen LogP contribution in [0.4, 0.5) is 0 Å². The highest BCUT2D eigenvalue weighted by molar-refractivity contribution is 5.70. The number of methoxy groups -OCH3 is 1. The fraction of sp³-hybridized carbons (Fsp3) is 0.533. The van der Waals surface area contributed by atoms with Crippen LogP contribution in [0.25, 0.3) is 0 Å². The second-order valence-electron chi connectivity index (χ2n) is 4.99. The van der Waals surface area contributed by atoms with Crippen LogP contribution in [0.5, 0.6) is 0 Å². The van der Waals surface area contributed by atoms with Gasteiger partial charge in [0.15, 0.2) is 0 Å². The van der Waals surface area contributed by atoms with Gasteiger partial charge in [0.2, 0.25) is 0 Å². The van der Waals surface area contributed by atoms with Crippen molar-refractivity contribution in [2.75, 3.05) is 7.11 Å². The minimum atomic E-state index is -0.166. The topological polar surface area (TPSA) is 38.3 Å². The zero-order valence-corrected chi connectivity index (χ0v) is 11.7. The van der Waals surface area contributed by atoms with Crippen molar-refractivity contribution < 1.29 is 9.53 Å². The predicted octanol–water partition coefficient (Wildman–Crippen LogP) is 2.47. The van der Waals surface area contributed by atoms with Crippen molar-refractivity contribution in [3.63, 3.8) is 0 Å². The van der Waals surface area contributed by atoms with E-state index in [1.807, 2.05) is 0 Å². The lowest BCUT2D eigenvalue weighted by atomic mass is 10.0. The highest BCUT2D eigenvalue weighted by atomic mass is 16.5. The summed E-state index contributed by atoms with van der Waals surface area (Å²) < 4.78 is 4.74. The summed E-state index contributed by atoms with van der Waals surface area (Å²) in [4.78, 5) is 11.4. The summed E-state index contributed by atoms with van der Waals surface area (Å²) in [6.07, 6.45) is 1.25. The Morgan fingerprint density at radius 2 is 1.89 bits per heavy atom. The number of hydrogen-bond donors (Lipinski definition) is 1. The maximum Gasteiger partial charge on any atom is 0.307 e. The average molecular weight is 249 g/mol. The van der Waals surface area contributed by atoms with Crippen molar-refractivity contribution in [1.29, 1.82) is 0 Å². The van der Waals surface area contributed by atoms with Crippen LogP contribution in [0.1, 0.15) is 31.4 Å². The molecule has 0 heterocycles. The first-order valence-corrected chi connectivity index (χ1v) is 6.39. The molecule has 1 unspecified atom stereocenters. The maximum absolute atomic E-state index is 11.4. The number of carbonyl (C=O) groups is 1. The van der Waals surface area contributed by atoms with Gasteiger partial charge in [-0.05, 0) is 18.9 Å². The van der Waals surface area contributed by atoms with E-state index < -0.39 is 0 Å². The SMILES string of the molecule is COC(=O)CC(Cc1ccc(C)cc1)NC(C)C. The standard InChI is InChI=1S/C15H23NO2/c1-11(2)16-14(10-15(17)18-4)9-13-7-5-12(3)6-8-13/h5-8,11,14,16H,9-10H2,1-4H3. The summed E-state index contributed by atoms with van der Waals surface area (Å²) in [5, 5.41) is 3.41. The number of carbonyl (C=O) groups excluding carboxylic acids is 1. The van der Waals surface area contributed by atoms with Crippen molar-refractivity contribution in [2.45, 2.75) is 45.7 Å². The Bertz CT molecular complexity index is 371. The first-order chi connectivity index (χ1) is 8.51. The molecule has 100 valence electrons. The number of benzene rings is 1. The van der Waals surface area contributed by atoms with E-state index in [9.17, 15) is 4.79 Å². The molecule has 1 atom stereocenters. The molecule has 3 nitrogen and oxygen atoms in total. The predicted molar refractivity (Wildman–Crippen MR) is 73.6 cm³/mol. The molecular weight excluding hydrogens is 226 g/mol. The smallest absolute Gasteiger partial charge is 0.307 e. The lowest BCUT2D eigenvalue weighted by Crippen LogP contribution is -2.38. The molecule has 0 saturated heterocycles. The molecule has 1 N–H and O–H groups in total. The monoisotopic (exact) mass is 249 g/mol. The molecule has 0 radical (unpaired) electrons. The van der Waals surface area contributed by atoms with Gasteiger partial charge < -0.3 is 10.1 Å². The Balaban J connectivity index is 2.65. The van der Waals surface area contributed by atoms with Crippen LogP contribution < -0.4 is 5.32 Å². The third-order valence-electron chi connectivity index (χ3n) is 2.81. The molecule has 18 heavy (non-hydrogen) atoms. The number of hydrogen-bond acceptors (Lipinski definition) is 3. The number of ether oxygens (including phenoxy) is 1. The van der Waals surface area contributed by atoms with Crippen molar-refractivity contribution >= 4 is 5.97 Å². The van der Waals surface area contributed by atoms with Crippen LogP contribution >= 0.6 is 0 Å². The molecule has 0 aliphatic carbocycles. The van der Waals surface area contributed by atoms with Crippen LogP contribution in [0, 0.1) is 6.92 Å². The molecule has 3 heteroatoms. The fourth-order valence-corrected chi connectivity index (χ4v) is 1.95. The molecule has 0 saturated carbocycles. The zero-order valence-electron chi connectivity index (χ0n) is 11.7.